The van der Waals surface area contributed by atoms with Gasteiger partial charge < -0.3 is 10.2 Å². The molecule has 1 fully saturated rings. The molecule has 1 aromatic heterocycles. The second kappa shape index (κ2) is 4.63. The molecular formula is C10H13BrN2OS. The summed E-state index contributed by atoms with van der Waals surface area (Å²) in [7, 11) is 0. The van der Waals surface area contributed by atoms with Gasteiger partial charge in [0, 0.05) is 31.1 Å². The molecule has 1 aliphatic heterocycles. The molecule has 0 spiro atoms. The van der Waals surface area contributed by atoms with E-state index in [2.05, 4.69) is 28.2 Å². The van der Waals surface area contributed by atoms with Gasteiger partial charge in [-0.05, 0) is 28.9 Å². The molecule has 5 heteroatoms. The molecule has 0 aromatic carbocycles. The van der Waals surface area contributed by atoms with Crippen molar-refractivity contribution in [3.8, 4) is 0 Å². The maximum atomic E-state index is 12.0. The van der Waals surface area contributed by atoms with Gasteiger partial charge in [-0.1, -0.05) is 0 Å². The summed E-state index contributed by atoms with van der Waals surface area (Å²) >= 11 is 4.92. The van der Waals surface area contributed by atoms with Crippen molar-refractivity contribution in [2.75, 3.05) is 19.6 Å². The van der Waals surface area contributed by atoms with Crippen LogP contribution >= 0.6 is 27.3 Å². The Balaban J connectivity index is 2.07. The summed E-state index contributed by atoms with van der Waals surface area (Å²) in [5.41, 5.74) is 0.793. The monoisotopic (exact) mass is 288 g/mol. The van der Waals surface area contributed by atoms with Crippen LogP contribution in [0.3, 0.4) is 0 Å². The number of halogens is 1. The van der Waals surface area contributed by atoms with Crippen molar-refractivity contribution in [2.45, 2.75) is 13.0 Å². The first-order valence-corrected chi connectivity index (χ1v) is 6.61. The zero-order valence-corrected chi connectivity index (χ0v) is 10.9. The molecule has 0 radical (unpaired) electrons. The highest BCUT2D eigenvalue weighted by Crippen LogP contribution is 2.22. The minimum atomic E-state index is 0.144. The number of hydrogen-bond donors (Lipinski definition) is 1. The number of amides is 1. The lowest BCUT2D eigenvalue weighted by molar-refractivity contribution is 0.0709. The van der Waals surface area contributed by atoms with Crippen molar-refractivity contribution in [1.82, 2.24) is 10.2 Å². The lowest BCUT2D eigenvalue weighted by atomic mass is 10.2. The van der Waals surface area contributed by atoms with E-state index in [1.807, 2.05) is 16.3 Å². The fourth-order valence-corrected chi connectivity index (χ4v) is 2.85. The molecule has 2 rings (SSSR count). The van der Waals surface area contributed by atoms with E-state index in [9.17, 15) is 4.79 Å². The molecule has 1 saturated heterocycles. The van der Waals surface area contributed by atoms with Crippen LogP contribution in [-0.4, -0.2) is 36.5 Å². The first-order chi connectivity index (χ1) is 7.16. The molecule has 82 valence electrons. The molecule has 2 heterocycles. The van der Waals surface area contributed by atoms with Crippen LogP contribution in [-0.2, 0) is 0 Å². The molecular weight excluding hydrogens is 276 g/mol. The summed E-state index contributed by atoms with van der Waals surface area (Å²) in [5, 5.41) is 5.22. The third-order valence-corrected chi connectivity index (χ3v) is 3.97. The largest absolute Gasteiger partial charge is 0.336 e. The second-order valence-corrected chi connectivity index (χ2v) is 6.04. The Bertz CT molecular complexity index is 366. The zero-order valence-electron chi connectivity index (χ0n) is 8.50. The van der Waals surface area contributed by atoms with E-state index >= 15 is 0 Å². The van der Waals surface area contributed by atoms with Crippen molar-refractivity contribution in [2.24, 2.45) is 0 Å². The number of thiophene rings is 1. The normalized spacial score (nSPS) is 21.7. The smallest absolute Gasteiger partial charge is 0.254 e. The molecule has 1 N–H and O–H groups in total. The minimum Gasteiger partial charge on any atom is -0.336 e. The molecule has 3 nitrogen and oxygen atoms in total. The number of carbonyl (C=O) groups excluding carboxylic acids is 1. The van der Waals surface area contributed by atoms with Crippen LogP contribution in [0.15, 0.2) is 15.2 Å². The fraction of sp³-hybridized carbons (Fsp3) is 0.500. The number of hydrogen-bond acceptors (Lipinski definition) is 3. The summed E-state index contributed by atoms with van der Waals surface area (Å²) in [6.07, 6.45) is 0. The van der Waals surface area contributed by atoms with Crippen LogP contribution in [0.5, 0.6) is 0 Å². The maximum Gasteiger partial charge on any atom is 0.254 e. The van der Waals surface area contributed by atoms with Gasteiger partial charge >= 0.3 is 0 Å². The van der Waals surface area contributed by atoms with E-state index < -0.39 is 0 Å². The van der Waals surface area contributed by atoms with Crippen molar-refractivity contribution < 1.29 is 4.79 Å². The Morgan fingerprint density at radius 2 is 2.53 bits per heavy atom. The summed E-state index contributed by atoms with van der Waals surface area (Å²) in [6, 6.07) is 2.28. The van der Waals surface area contributed by atoms with Gasteiger partial charge in [0.05, 0.1) is 9.35 Å². The average molecular weight is 289 g/mol. The van der Waals surface area contributed by atoms with Gasteiger partial charge in [-0.3, -0.25) is 4.79 Å². The Morgan fingerprint density at radius 1 is 1.73 bits per heavy atom. The van der Waals surface area contributed by atoms with Crippen molar-refractivity contribution in [3.63, 3.8) is 0 Å². The number of nitrogens with zero attached hydrogens (tertiary/aromatic N) is 1. The molecule has 1 aliphatic rings. The van der Waals surface area contributed by atoms with E-state index in [-0.39, 0.29) is 5.91 Å². The van der Waals surface area contributed by atoms with E-state index in [1.165, 1.54) is 0 Å². The molecule has 1 amide bonds. The lowest BCUT2D eigenvalue weighted by Gasteiger charge is -2.31. The van der Waals surface area contributed by atoms with E-state index in [4.69, 9.17) is 0 Å². The number of nitrogens with one attached hydrogen (secondary N) is 1. The third kappa shape index (κ3) is 2.59. The lowest BCUT2D eigenvalue weighted by Crippen LogP contribution is -2.51. The SMILES string of the molecule is C[C@H]1CN(C(=O)c2csc(Br)c2)CCN1. The molecule has 1 atom stereocenters. The standard InChI is InChI=1S/C10H13BrN2OS/c1-7-5-13(3-2-12-7)10(14)8-4-9(11)15-6-8/h4,6-7,12H,2-3,5H2,1H3/t7-/m0/s1. The van der Waals surface area contributed by atoms with E-state index in [0.29, 0.717) is 6.04 Å². The number of rotatable bonds is 1. The Hall–Kier alpha value is -0.390. The van der Waals surface area contributed by atoms with Crippen LogP contribution in [0.1, 0.15) is 17.3 Å². The predicted octanol–water partition coefficient (Wildman–Crippen LogP) is 1.94. The summed E-state index contributed by atoms with van der Waals surface area (Å²) in [6.45, 7) is 4.59. The Labute approximate surface area is 102 Å². The Morgan fingerprint density at radius 3 is 3.13 bits per heavy atom. The van der Waals surface area contributed by atoms with Crippen molar-refractivity contribution in [3.05, 3.63) is 20.8 Å². The van der Waals surface area contributed by atoms with Crippen LogP contribution in [0.4, 0.5) is 0 Å². The van der Waals surface area contributed by atoms with Crippen LogP contribution in [0, 0.1) is 0 Å². The van der Waals surface area contributed by atoms with E-state index in [1.54, 1.807) is 11.3 Å². The van der Waals surface area contributed by atoms with Gasteiger partial charge in [0.25, 0.3) is 5.91 Å². The molecule has 0 bridgehead atoms. The fourth-order valence-electron chi connectivity index (χ4n) is 1.72. The summed E-state index contributed by atoms with van der Waals surface area (Å²) in [5.74, 6) is 0.144. The van der Waals surface area contributed by atoms with Gasteiger partial charge in [-0.15, -0.1) is 11.3 Å². The third-order valence-electron chi connectivity index (χ3n) is 2.47. The first kappa shape index (κ1) is 11.1. The molecule has 15 heavy (non-hydrogen) atoms. The Kier molecular flexibility index (Phi) is 3.43. The van der Waals surface area contributed by atoms with Crippen LogP contribution in [0.25, 0.3) is 0 Å². The highest BCUT2D eigenvalue weighted by Gasteiger charge is 2.21. The van der Waals surface area contributed by atoms with Gasteiger partial charge in [-0.25, -0.2) is 0 Å². The molecule has 0 saturated carbocycles. The highest BCUT2D eigenvalue weighted by molar-refractivity contribution is 9.11. The summed E-state index contributed by atoms with van der Waals surface area (Å²) < 4.78 is 1.01. The molecule has 1 aromatic rings. The van der Waals surface area contributed by atoms with Gasteiger partial charge in [0.2, 0.25) is 0 Å². The van der Waals surface area contributed by atoms with Crippen molar-refractivity contribution in [1.29, 1.82) is 0 Å². The number of piperazine rings is 1. The maximum absolute atomic E-state index is 12.0. The van der Waals surface area contributed by atoms with Gasteiger partial charge in [0.1, 0.15) is 0 Å². The number of carbonyl (C=O) groups is 1. The average Bonchev–Trinajstić information content (AvgIpc) is 2.64. The zero-order chi connectivity index (χ0) is 10.8. The quantitative estimate of drug-likeness (QED) is 0.857. The molecule has 0 aliphatic carbocycles. The van der Waals surface area contributed by atoms with Crippen LogP contribution in [0.2, 0.25) is 0 Å². The van der Waals surface area contributed by atoms with Gasteiger partial charge in [-0.2, -0.15) is 0 Å². The van der Waals surface area contributed by atoms with E-state index in [0.717, 1.165) is 29.0 Å². The topological polar surface area (TPSA) is 32.3 Å². The highest BCUT2D eigenvalue weighted by atomic mass is 79.9. The second-order valence-electron chi connectivity index (χ2n) is 3.75. The van der Waals surface area contributed by atoms with Gasteiger partial charge in [0.15, 0.2) is 0 Å². The van der Waals surface area contributed by atoms with Crippen LogP contribution < -0.4 is 5.32 Å². The van der Waals surface area contributed by atoms with Crippen molar-refractivity contribution >= 4 is 33.2 Å². The first-order valence-electron chi connectivity index (χ1n) is 4.93. The predicted molar refractivity (Wildman–Crippen MR) is 65.4 cm³/mol. The summed E-state index contributed by atoms with van der Waals surface area (Å²) in [4.78, 5) is 14.0. The molecule has 0 unspecified atom stereocenters. The minimum absolute atomic E-state index is 0.144.